The molecule has 0 N–H and O–H groups in total. The number of carbonyl (C=O) groups excluding carboxylic acids is 1. The molecule has 0 aliphatic rings. The summed E-state index contributed by atoms with van der Waals surface area (Å²) >= 11 is 6.99. The second kappa shape index (κ2) is 3.64. The maximum atomic E-state index is 10.1. The van der Waals surface area contributed by atoms with Crippen LogP contribution < -0.4 is 0 Å². The van der Waals surface area contributed by atoms with Gasteiger partial charge in [-0.25, -0.2) is 4.98 Å². The summed E-state index contributed by atoms with van der Waals surface area (Å²) in [6.07, 6.45) is 2.13. The van der Waals surface area contributed by atoms with Gasteiger partial charge in [0, 0.05) is 5.38 Å². The van der Waals surface area contributed by atoms with Crippen LogP contribution in [0.1, 0.15) is 10.7 Å². The molecule has 0 aliphatic carbocycles. The van der Waals surface area contributed by atoms with Crippen LogP contribution in [-0.2, 0) is 4.79 Å². The molecule has 0 radical (unpaired) electrons. The van der Waals surface area contributed by atoms with Crippen LogP contribution in [-0.4, -0.2) is 11.3 Å². The maximum absolute atomic E-state index is 10.1. The minimum absolute atomic E-state index is 0.176. The monoisotopic (exact) mass is 187 g/mol. The van der Waals surface area contributed by atoms with Gasteiger partial charge in [0.2, 0.25) is 0 Å². The van der Waals surface area contributed by atoms with Gasteiger partial charge >= 0.3 is 0 Å². The molecule has 1 aromatic heterocycles. The fourth-order valence-corrected chi connectivity index (χ4v) is 1.30. The molecule has 0 aliphatic heterocycles. The summed E-state index contributed by atoms with van der Waals surface area (Å²) in [7, 11) is 0. The molecule has 11 heavy (non-hydrogen) atoms. The minimum atomic E-state index is 0.176. The Morgan fingerprint density at radius 3 is 3.00 bits per heavy atom. The first kappa shape index (κ1) is 8.43. The molecule has 0 bridgehead atoms. The van der Waals surface area contributed by atoms with Crippen molar-refractivity contribution in [3.8, 4) is 0 Å². The van der Waals surface area contributed by atoms with E-state index in [0.717, 1.165) is 10.7 Å². The summed E-state index contributed by atoms with van der Waals surface area (Å²) in [4.78, 5) is 14.2. The number of aryl methyl sites for hydroxylation is 1. The predicted molar refractivity (Wildman–Crippen MR) is 46.7 cm³/mol. The Morgan fingerprint density at radius 1 is 1.82 bits per heavy atom. The Morgan fingerprint density at radius 2 is 2.55 bits per heavy atom. The number of allylic oxidation sites excluding steroid dienone is 1. The molecule has 58 valence electrons. The van der Waals surface area contributed by atoms with Gasteiger partial charge in [0.1, 0.15) is 0 Å². The Balaban J connectivity index is 2.86. The van der Waals surface area contributed by atoms with Gasteiger partial charge in [0.05, 0.1) is 15.7 Å². The molecule has 2 nitrogen and oxygen atoms in total. The van der Waals surface area contributed by atoms with Crippen molar-refractivity contribution in [2.45, 2.75) is 6.92 Å². The lowest BCUT2D eigenvalue weighted by Crippen LogP contribution is -1.75. The fourth-order valence-electron chi connectivity index (χ4n) is 0.622. The molecule has 0 atom stereocenters. The van der Waals surface area contributed by atoms with Crippen LogP contribution in [0.2, 0.25) is 0 Å². The van der Waals surface area contributed by atoms with E-state index in [-0.39, 0.29) is 5.03 Å². The molecule has 4 heteroatoms. The minimum Gasteiger partial charge on any atom is -0.297 e. The zero-order chi connectivity index (χ0) is 8.27. The average Bonchev–Trinajstić information content (AvgIpc) is 2.35. The molecule has 0 spiro atoms. The maximum Gasteiger partial charge on any atom is 0.161 e. The molecule has 0 saturated heterocycles. The molecule has 1 heterocycles. The topological polar surface area (TPSA) is 30.0 Å². The van der Waals surface area contributed by atoms with E-state index in [1.807, 2.05) is 12.3 Å². The third-order valence-electron chi connectivity index (χ3n) is 1.04. The third-order valence-corrected chi connectivity index (χ3v) is 2.03. The van der Waals surface area contributed by atoms with Gasteiger partial charge in [-0.1, -0.05) is 11.6 Å². The Kier molecular flexibility index (Phi) is 2.79. The second-order valence-electron chi connectivity index (χ2n) is 1.94. The van der Waals surface area contributed by atoms with E-state index < -0.39 is 0 Å². The van der Waals surface area contributed by atoms with Crippen LogP contribution in [0.5, 0.6) is 0 Å². The van der Waals surface area contributed by atoms with Crippen molar-refractivity contribution in [3.63, 3.8) is 0 Å². The molecule has 0 saturated carbocycles. The van der Waals surface area contributed by atoms with Crippen LogP contribution in [0, 0.1) is 6.92 Å². The first-order valence-electron chi connectivity index (χ1n) is 2.97. The van der Waals surface area contributed by atoms with E-state index in [0.29, 0.717) is 6.29 Å². The van der Waals surface area contributed by atoms with Gasteiger partial charge in [0.15, 0.2) is 6.29 Å². The Bertz CT molecular complexity index is 292. The normalized spacial score (nSPS) is 11.6. The number of aldehydes is 1. The van der Waals surface area contributed by atoms with Gasteiger partial charge in [0.25, 0.3) is 0 Å². The molecular weight excluding hydrogens is 182 g/mol. The highest BCUT2D eigenvalue weighted by Crippen LogP contribution is 2.12. The van der Waals surface area contributed by atoms with Gasteiger partial charge in [-0.05, 0) is 13.0 Å². The highest BCUT2D eigenvalue weighted by Gasteiger charge is 1.95. The smallest absolute Gasteiger partial charge is 0.161 e. The quantitative estimate of drug-likeness (QED) is 0.525. The van der Waals surface area contributed by atoms with Crippen molar-refractivity contribution in [2.24, 2.45) is 0 Å². The van der Waals surface area contributed by atoms with Gasteiger partial charge < -0.3 is 0 Å². The third kappa shape index (κ3) is 2.44. The van der Waals surface area contributed by atoms with E-state index in [9.17, 15) is 4.79 Å². The summed E-state index contributed by atoms with van der Waals surface area (Å²) in [6.45, 7) is 1.90. The van der Waals surface area contributed by atoms with Crippen molar-refractivity contribution in [2.75, 3.05) is 0 Å². The lowest BCUT2D eigenvalue weighted by molar-refractivity contribution is -0.104. The predicted octanol–water partition coefficient (Wildman–Crippen LogP) is 2.23. The van der Waals surface area contributed by atoms with Crippen LogP contribution in [0.25, 0.3) is 6.08 Å². The van der Waals surface area contributed by atoms with E-state index in [2.05, 4.69) is 4.98 Å². The highest BCUT2D eigenvalue weighted by atomic mass is 35.5. The van der Waals surface area contributed by atoms with Crippen molar-refractivity contribution < 1.29 is 4.79 Å². The lowest BCUT2D eigenvalue weighted by Gasteiger charge is -1.81. The average molecular weight is 188 g/mol. The molecule has 0 fully saturated rings. The van der Waals surface area contributed by atoms with Crippen molar-refractivity contribution >= 4 is 35.3 Å². The van der Waals surface area contributed by atoms with E-state index >= 15 is 0 Å². The van der Waals surface area contributed by atoms with Gasteiger partial charge in [-0.3, -0.25) is 4.79 Å². The van der Waals surface area contributed by atoms with Crippen molar-refractivity contribution in [3.05, 3.63) is 21.1 Å². The van der Waals surface area contributed by atoms with Gasteiger partial charge in [-0.15, -0.1) is 11.3 Å². The summed E-state index contributed by atoms with van der Waals surface area (Å²) in [5.41, 5.74) is 0.740. The first-order valence-corrected chi connectivity index (χ1v) is 4.22. The molecule has 1 aromatic rings. The van der Waals surface area contributed by atoms with Gasteiger partial charge in [-0.2, -0.15) is 0 Å². The zero-order valence-electron chi connectivity index (χ0n) is 5.87. The molecule has 0 aromatic carbocycles. The molecule has 0 amide bonds. The van der Waals surface area contributed by atoms with Crippen molar-refractivity contribution in [1.82, 2.24) is 4.98 Å². The molecular formula is C7H6ClNOS. The molecule has 0 unspecified atom stereocenters. The number of halogens is 1. The zero-order valence-corrected chi connectivity index (χ0v) is 7.45. The van der Waals surface area contributed by atoms with Crippen LogP contribution in [0.4, 0.5) is 0 Å². The largest absolute Gasteiger partial charge is 0.297 e. The number of nitrogens with zero attached hydrogens (tertiary/aromatic N) is 1. The number of aromatic nitrogens is 1. The second-order valence-corrected chi connectivity index (χ2v) is 3.44. The summed E-state index contributed by atoms with van der Waals surface area (Å²) in [6, 6.07) is 0. The Labute approximate surface area is 73.5 Å². The number of carbonyl (C=O) groups is 1. The van der Waals surface area contributed by atoms with Crippen LogP contribution in [0.15, 0.2) is 10.4 Å². The van der Waals surface area contributed by atoms with E-state index in [1.54, 1.807) is 0 Å². The highest BCUT2D eigenvalue weighted by molar-refractivity contribution is 7.09. The standard InChI is InChI=1S/C7H6ClNOS/c1-5-9-7(4-11-5)2-6(8)3-10/h2-4H,1H3. The number of rotatable bonds is 2. The van der Waals surface area contributed by atoms with Crippen molar-refractivity contribution in [1.29, 1.82) is 0 Å². The number of hydrogen-bond donors (Lipinski definition) is 0. The SMILES string of the molecule is Cc1nc(C=C(Cl)C=O)cs1. The summed E-state index contributed by atoms with van der Waals surface area (Å²) in [5, 5.41) is 2.99. The van der Waals surface area contributed by atoms with Crippen LogP contribution in [0.3, 0.4) is 0 Å². The summed E-state index contributed by atoms with van der Waals surface area (Å²) < 4.78 is 0. The molecule has 1 rings (SSSR count). The lowest BCUT2D eigenvalue weighted by atomic mass is 10.4. The number of hydrogen-bond acceptors (Lipinski definition) is 3. The summed E-state index contributed by atoms with van der Waals surface area (Å²) in [5.74, 6) is 0. The van der Waals surface area contributed by atoms with E-state index in [4.69, 9.17) is 11.6 Å². The Hall–Kier alpha value is -0.670. The number of thiazole rings is 1. The first-order chi connectivity index (χ1) is 5.22. The van der Waals surface area contributed by atoms with Crippen LogP contribution >= 0.6 is 22.9 Å². The van der Waals surface area contributed by atoms with E-state index in [1.165, 1.54) is 17.4 Å². The fraction of sp³-hybridized carbons (Fsp3) is 0.143.